The molecule has 0 saturated heterocycles. The highest BCUT2D eigenvalue weighted by Gasteiger charge is 2.10. The molecular weight excluding hydrogens is 288 g/mol. The average molecular weight is 301 g/mol. The van der Waals surface area contributed by atoms with E-state index in [2.05, 4.69) is 15.6 Å². The Morgan fingerprint density at radius 1 is 1.38 bits per heavy atom. The van der Waals surface area contributed by atoms with E-state index in [9.17, 15) is 4.79 Å². The summed E-state index contributed by atoms with van der Waals surface area (Å²) in [6.07, 6.45) is 1.55. The lowest BCUT2D eigenvalue weighted by atomic mass is 10.1. The molecule has 1 heterocycles. The van der Waals surface area contributed by atoms with Gasteiger partial charge in [-0.05, 0) is 37.3 Å². The van der Waals surface area contributed by atoms with Crippen molar-refractivity contribution in [3.8, 4) is 6.07 Å². The predicted molar refractivity (Wildman–Crippen MR) is 82.5 cm³/mol. The number of rotatable bonds is 4. The molecule has 0 spiro atoms. The molecule has 0 atom stereocenters. The number of anilines is 2. The van der Waals surface area contributed by atoms with Crippen molar-refractivity contribution in [1.29, 1.82) is 5.26 Å². The zero-order valence-corrected chi connectivity index (χ0v) is 12.1. The van der Waals surface area contributed by atoms with Gasteiger partial charge in [0, 0.05) is 23.3 Å². The van der Waals surface area contributed by atoms with Gasteiger partial charge in [-0.1, -0.05) is 11.6 Å². The van der Waals surface area contributed by atoms with Gasteiger partial charge in [-0.3, -0.25) is 4.79 Å². The Balaban J connectivity index is 2.24. The largest absolute Gasteiger partial charge is 0.370 e. The second-order valence-electron chi connectivity index (χ2n) is 4.22. The van der Waals surface area contributed by atoms with Crippen molar-refractivity contribution in [2.24, 2.45) is 0 Å². The fraction of sp³-hybridized carbons (Fsp3) is 0.133. The molecule has 1 aromatic heterocycles. The third kappa shape index (κ3) is 3.71. The van der Waals surface area contributed by atoms with Crippen LogP contribution in [0.5, 0.6) is 0 Å². The molecule has 0 saturated carbocycles. The molecule has 0 radical (unpaired) electrons. The van der Waals surface area contributed by atoms with Gasteiger partial charge in [0.2, 0.25) is 0 Å². The van der Waals surface area contributed by atoms with E-state index in [1.54, 1.807) is 36.5 Å². The number of pyridine rings is 1. The van der Waals surface area contributed by atoms with Crippen LogP contribution in [-0.4, -0.2) is 17.4 Å². The van der Waals surface area contributed by atoms with Crippen LogP contribution in [0.4, 0.5) is 11.5 Å². The molecule has 0 aliphatic carbocycles. The maximum absolute atomic E-state index is 12.2. The molecule has 5 nitrogen and oxygen atoms in total. The van der Waals surface area contributed by atoms with E-state index >= 15 is 0 Å². The van der Waals surface area contributed by atoms with E-state index in [1.165, 1.54) is 0 Å². The SMILES string of the molecule is CCNc1cc(C(=O)Nc2cc(Cl)ccc2C#N)ccn1. The van der Waals surface area contributed by atoms with Gasteiger partial charge >= 0.3 is 0 Å². The highest BCUT2D eigenvalue weighted by Crippen LogP contribution is 2.21. The highest BCUT2D eigenvalue weighted by molar-refractivity contribution is 6.31. The van der Waals surface area contributed by atoms with Crippen LogP contribution in [0, 0.1) is 11.3 Å². The van der Waals surface area contributed by atoms with Crippen molar-refractivity contribution in [3.05, 3.63) is 52.7 Å². The van der Waals surface area contributed by atoms with Crippen LogP contribution < -0.4 is 10.6 Å². The number of halogens is 1. The number of amides is 1. The molecule has 1 amide bonds. The minimum absolute atomic E-state index is 0.324. The summed E-state index contributed by atoms with van der Waals surface area (Å²) in [6, 6.07) is 9.98. The van der Waals surface area contributed by atoms with Gasteiger partial charge in [0.15, 0.2) is 0 Å². The van der Waals surface area contributed by atoms with Crippen molar-refractivity contribution in [2.45, 2.75) is 6.92 Å². The molecule has 6 heteroatoms. The van der Waals surface area contributed by atoms with Crippen molar-refractivity contribution in [1.82, 2.24) is 4.98 Å². The topological polar surface area (TPSA) is 77.8 Å². The van der Waals surface area contributed by atoms with E-state index in [0.29, 0.717) is 34.2 Å². The molecule has 0 aliphatic rings. The van der Waals surface area contributed by atoms with Crippen molar-refractivity contribution >= 4 is 29.0 Å². The third-order valence-corrected chi connectivity index (χ3v) is 2.97. The van der Waals surface area contributed by atoms with E-state index in [0.717, 1.165) is 0 Å². The third-order valence-electron chi connectivity index (χ3n) is 2.73. The van der Waals surface area contributed by atoms with Gasteiger partial charge in [0.25, 0.3) is 5.91 Å². The lowest BCUT2D eigenvalue weighted by Gasteiger charge is -2.09. The van der Waals surface area contributed by atoms with Gasteiger partial charge in [0.1, 0.15) is 11.9 Å². The maximum Gasteiger partial charge on any atom is 0.255 e. The Hall–Kier alpha value is -2.58. The number of hydrogen-bond acceptors (Lipinski definition) is 4. The minimum Gasteiger partial charge on any atom is -0.370 e. The standard InChI is InChI=1S/C15H13ClN4O/c1-2-18-14-7-10(5-6-19-14)15(21)20-13-8-12(16)4-3-11(13)9-17/h3-8H,2H2,1H3,(H,18,19)(H,20,21). The number of aromatic nitrogens is 1. The summed E-state index contributed by atoms with van der Waals surface area (Å²) < 4.78 is 0. The maximum atomic E-state index is 12.2. The molecule has 2 aromatic rings. The van der Waals surface area contributed by atoms with Crippen LogP contribution in [0.3, 0.4) is 0 Å². The van der Waals surface area contributed by atoms with E-state index in [4.69, 9.17) is 16.9 Å². The quantitative estimate of drug-likeness (QED) is 0.908. The molecule has 1 aromatic carbocycles. The second kappa shape index (κ2) is 6.73. The summed E-state index contributed by atoms with van der Waals surface area (Å²) >= 11 is 5.89. The minimum atomic E-state index is -0.324. The molecule has 0 fully saturated rings. The highest BCUT2D eigenvalue weighted by atomic mass is 35.5. The molecule has 2 rings (SSSR count). The Labute approximate surface area is 127 Å². The van der Waals surface area contributed by atoms with Crippen molar-refractivity contribution in [2.75, 3.05) is 17.2 Å². The van der Waals surface area contributed by atoms with Gasteiger partial charge in [-0.2, -0.15) is 5.26 Å². The van der Waals surface area contributed by atoms with Crippen LogP contribution in [-0.2, 0) is 0 Å². The summed E-state index contributed by atoms with van der Waals surface area (Å²) in [4.78, 5) is 16.3. The van der Waals surface area contributed by atoms with Gasteiger partial charge in [0.05, 0.1) is 11.3 Å². The summed E-state index contributed by atoms with van der Waals surface area (Å²) in [6.45, 7) is 2.66. The summed E-state index contributed by atoms with van der Waals surface area (Å²) in [5, 5.41) is 15.2. The number of benzene rings is 1. The summed E-state index contributed by atoms with van der Waals surface area (Å²) in [7, 11) is 0. The molecular formula is C15H13ClN4O. The lowest BCUT2D eigenvalue weighted by Crippen LogP contribution is -2.13. The smallest absolute Gasteiger partial charge is 0.255 e. The number of nitrogens with zero attached hydrogens (tertiary/aromatic N) is 2. The second-order valence-corrected chi connectivity index (χ2v) is 4.65. The lowest BCUT2D eigenvalue weighted by molar-refractivity contribution is 0.102. The number of carbonyl (C=O) groups excluding carboxylic acids is 1. The van der Waals surface area contributed by atoms with Crippen LogP contribution in [0.25, 0.3) is 0 Å². The van der Waals surface area contributed by atoms with Gasteiger partial charge in [-0.25, -0.2) is 4.98 Å². The fourth-order valence-electron chi connectivity index (χ4n) is 1.76. The Morgan fingerprint density at radius 3 is 2.90 bits per heavy atom. The van der Waals surface area contributed by atoms with Crippen LogP contribution in [0.15, 0.2) is 36.5 Å². The average Bonchev–Trinajstić information content (AvgIpc) is 2.48. The molecule has 0 unspecified atom stereocenters. The predicted octanol–water partition coefficient (Wildman–Crippen LogP) is 3.29. The molecule has 106 valence electrons. The first-order valence-electron chi connectivity index (χ1n) is 6.35. The van der Waals surface area contributed by atoms with Crippen molar-refractivity contribution in [3.63, 3.8) is 0 Å². The fourth-order valence-corrected chi connectivity index (χ4v) is 1.93. The van der Waals surface area contributed by atoms with Crippen LogP contribution in [0.2, 0.25) is 5.02 Å². The van der Waals surface area contributed by atoms with Crippen LogP contribution in [0.1, 0.15) is 22.8 Å². The Morgan fingerprint density at radius 2 is 2.19 bits per heavy atom. The zero-order valence-electron chi connectivity index (χ0n) is 11.4. The van der Waals surface area contributed by atoms with Gasteiger partial charge < -0.3 is 10.6 Å². The number of hydrogen-bond donors (Lipinski definition) is 2. The zero-order chi connectivity index (χ0) is 15.2. The van der Waals surface area contributed by atoms with Crippen molar-refractivity contribution < 1.29 is 4.79 Å². The molecule has 0 aliphatic heterocycles. The Bertz CT molecular complexity index is 709. The first-order chi connectivity index (χ1) is 10.1. The summed E-state index contributed by atoms with van der Waals surface area (Å²) in [5.74, 6) is 0.298. The molecule has 21 heavy (non-hydrogen) atoms. The first-order valence-corrected chi connectivity index (χ1v) is 6.72. The van der Waals surface area contributed by atoms with E-state index in [1.807, 2.05) is 13.0 Å². The van der Waals surface area contributed by atoms with E-state index < -0.39 is 0 Å². The number of nitriles is 1. The number of nitrogens with one attached hydrogen (secondary N) is 2. The molecule has 2 N–H and O–H groups in total. The normalized spacial score (nSPS) is 9.76. The van der Waals surface area contributed by atoms with E-state index in [-0.39, 0.29) is 5.91 Å². The Kier molecular flexibility index (Phi) is 4.75. The first kappa shape index (κ1) is 14.8. The molecule has 0 bridgehead atoms. The van der Waals surface area contributed by atoms with Gasteiger partial charge in [-0.15, -0.1) is 0 Å². The monoisotopic (exact) mass is 300 g/mol. The number of carbonyl (C=O) groups is 1. The summed E-state index contributed by atoms with van der Waals surface area (Å²) in [5.41, 5.74) is 1.19. The van der Waals surface area contributed by atoms with Crippen LogP contribution >= 0.6 is 11.6 Å².